The van der Waals surface area contributed by atoms with Crippen LogP contribution in [0.4, 0.5) is 5.69 Å². The first-order chi connectivity index (χ1) is 8.38. The fraction of sp³-hybridized carbons (Fsp3) is 0.467. The van der Waals surface area contributed by atoms with Crippen LogP contribution in [0.25, 0.3) is 0 Å². The largest absolute Gasteiger partial charge is 0.384 e. The fourth-order valence-corrected chi connectivity index (χ4v) is 2.43. The quantitative estimate of drug-likeness (QED) is 0.377. The van der Waals surface area contributed by atoms with Crippen molar-refractivity contribution in [3.05, 3.63) is 36.9 Å². The molecule has 0 bridgehead atoms. The summed E-state index contributed by atoms with van der Waals surface area (Å²) < 4.78 is 0. The number of para-hydroxylation sites is 1. The van der Waals surface area contributed by atoms with Gasteiger partial charge in [-0.25, -0.2) is 0 Å². The van der Waals surface area contributed by atoms with Crippen molar-refractivity contribution in [2.75, 3.05) is 17.6 Å². The molecule has 0 aliphatic carbocycles. The Bertz CT molecular complexity index is 322. The van der Waals surface area contributed by atoms with Crippen LogP contribution in [0.2, 0.25) is 0 Å². The van der Waals surface area contributed by atoms with Gasteiger partial charge in [-0.15, -0.1) is 18.3 Å². The molecule has 0 spiro atoms. The van der Waals surface area contributed by atoms with Crippen LogP contribution in [-0.2, 0) is 0 Å². The Hall–Kier alpha value is -0.890. The van der Waals surface area contributed by atoms with Gasteiger partial charge in [-0.1, -0.05) is 44.4 Å². The van der Waals surface area contributed by atoms with Crippen molar-refractivity contribution in [3.63, 3.8) is 0 Å². The molecule has 0 unspecified atom stereocenters. The molecule has 0 saturated heterocycles. The van der Waals surface area contributed by atoms with Crippen LogP contribution in [0.1, 0.15) is 32.6 Å². The van der Waals surface area contributed by atoms with E-state index in [0.29, 0.717) is 0 Å². The first kappa shape index (κ1) is 14.2. The minimum absolute atomic E-state index is 0.967. The molecular weight excluding hydrogens is 226 g/mol. The van der Waals surface area contributed by atoms with E-state index >= 15 is 0 Å². The van der Waals surface area contributed by atoms with E-state index in [1.807, 2.05) is 17.8 Å². The second-order valence-electron chi connectivity index (χ2n) is 4.08. The van der Waals surface area contributed by atoms with Gasteiger partial charge in [0.2, 0.25) is 0 Å². The van der Waals surface area contributed by atoms with Crippen LogP contribution < -0.4 is 5.32 Å². The highest BCUT2D eigenvalue weighted by atomic mass is 32.2. The van der Waals surface area contributed by atoms with Crippen molar-refractivity contribution in [1.29, 1.82) is 0 Å². The number of nitrogens with one attached hydrogen (secondary N) is 1. The lowest BCUT2D eigenvalue weighted by molar-refractivity contribution is 0.684. The normalized spacial score (nSPS) is 10.2. The smallest absolute Gasteiger partial charge is 0.0478 e. The predicted molar refractivity (Wildman–Crippen MR) is 80.0 cm³/mol. The molecule has 0 fully saturated rings. The van der Waals surface area contributed by atoms with Gasteiger partial charge >= 0.3 is 0 Å². The molecule has 94 valence electrons. The third-order valence-corrected chi connectivity index (χ3v) is 3.66. The molecule has 17 heavy (non-hydrogen) atoms. The van der Waals surface area contributed by atoms with Crippen LogP contribution in [0.3, 0.4) is 0 Å². The van der Waals surface area contributed by atoms with E-state index in [1.165, 1.54) is 36.3 Å². The highest BCUT2D eigenvalue weighted by molar-refractivity contribution is 7.99. The van der Waals surface area contributed by atoms with Gasteiger partial charge in [-0.05, 0) is 18.6 Å². The summed E-state index contributed by atoms with van der Waals surface area (Å²) in [7, 11) is 0. The molecule has 1 N–H and O–H groups in total. The summed E-state index contributed by atoms with van der Waals surface area (Å²) in [4.78, 5) is 1.32. The van der Waals surface area contributed by atoms with Gasteiger partial charge in [-0.3, -0.25) is 0 Å². The van der Waals surface area contributed by atoms with Crippen molar-refractivity contribution in [1.82, 2.24) is 0 Å². The van der Waals surface area contributed by atoms with Gasteiger partial charge < -0.3 is 5.32 Å². The molecule has 1 nitrogen and oxygen atoms in total. The molecule has 1 rings (SSSR count). The van der Waals surface area contributed by atoms with Crippen molar-refractivity contribution in [2.45, 2.75) is 37.5 Å². The molecule has 0 aliphatic rings. The molecule has 0 radical (unpaired) electrons. The number of rotatable bonds is 9. The number of thioether (sulfide) groups is 1. The molecule has 0 aromatic heterocycles. The monoisotopic (exact) mass is 249 g/mol. The summed E-state index contributed by atoms with van der Waals surface area (Å²) in [5.41, 5.74) is 1.26. The maximum absolute atomic E-state index is 3.76. The molecule has 0 atom stereocenters. The minimum atomic E-state index is 0.967. The summed E-state index contributed by atoms with van der Waals surface area (Å²) in [5.74, 6) is 0.967. The van der Waals surface area contributed by atoms with E-state index in [9.17, 15) is 0 Å². The first-order valence-corrected chi connectivity index (χ1v) is 7.43. The highest BCUT2D eigenvalue weighted by Crippen LogP contribution is 2.26. The average Bonchev–Trinajstić information content (AvgIpc) is 2.37. The Labute approximate surface area is 110 Å². The standard InChI is InChI=1S/C15H23NS/c1-3-5-6-9-12-16-14-10-7-8-11-15(14)17-13-4-2/h4,7-8,10-11,16H,2-3,5-6,9,12-13H2,1H3. The van der Waals surface area contributed by atoms with Crippen LogP contribution in [0, 0.1) is 0 Å². The van der Waals surface area contributed by atoms with Crippen molar-refractivity contribution in [3.8, 4) is 0 Å². The van der Waals surface area contributed by atoms with E-state index < -0.39 is 0 Å². The van der Waals surface area contributed by atoms with Crippen LogP contribution in [0.5, 0.6) is 0 Å². The predicted octanol–water partition coefficient (Wildman–Crippen LogP) is 4.96. The van der Waals surface area contributed by atoms with Gasteiger partial charge in [0, 0.05) is 22.9 Å². The number of benzene rings is 1. The molecule has 1 aromatic rings. The summed E-state index contributed by atoms with van der Waals surface area (Å²) in [6, 6.07) is 8.51. The van der Waals surface area contributed by atoms with Crippen LogP contribution in [0.15, 0.2) is 41.8 Å². The van der Waals surface area contributed by atoms with E-state index in [2.05, 4.69) is 43.1 Å². The summed E-state index contributed by atoms with van der Waals surface area (Å²) in [6.07, 6.45) is 7.17. The number of hydrogen-bond acceptors (Lipinski definition) is 2. The average molecular weight is 249 g/mol. The third kappa shape index (κ3) is 5.83. The molecule has 1 aromatic carbocycles. The van der Waals surface area contributed by atoms with Gasteiger partial charge in [0.1, 0.15) is 0 Å². The maximum atomic E-state index is 3.76. The Morgan fingerprint density at radius 2 is 2.06 bits per heavy atom. The molecule has 0 heterocycles. The first-order valence-electron chi connectivity index (χ1n) is 6.45. The molecular formula is C15H23NS. The van der Waals surface area contributed by atoms with E-state index in [-0.39, 0.29) is 0 Å². The Kier molecular flexibility index (Phi) is 7.65. The zero-order chi connectivity index (χ0) is 12.3. The second-order valence-corrected chi connectivity index (χ2v) is 5.15. The zero-order valence-electron chi connectivity index (χ0n) is 10.7. The van der Waals surface area contributed by atoms with Gasteiger partial charge in [-0.2, -0.15) is 0 Å². The highest BCUT2D eigenvalue weighted by Gasteiger charge is 2.00. The van der Waals surface area contributed by atoms with Crippen LogP contribution in [-0.4, -0.2) is 12.3 Å². The molecule has 2 heteroatoms. The van der Waals surface area contributed by atoms with E-state index in [4.69, 9.17) is 0 Å². The van der Waals surface area contributed by atoms with E-state index in [0.717, 1.165) is 12.3 Å². The maximum Gasteiger partial charge on any atom is 0.0478 e. The minimum Gasteiger partial charge on any atom is -0.384 e. The second kappa shape index (κ2) is 9.17. The summed E-state index contributed by atoms with van der Waals surface area (Å²) >= 11 is 1.83. The SMILES string of the molecule is C=CCSc1ccccc1NCCCCCC. The lowest BCUT2D eigenvalue weighted by atomic mass is 10.2. The number of anilines is 1. The molecule has 0 aliphatic heterocycles. The van der Waals surface area contributed by atoms with Gasteiger partial charge in [0.25, 0.3) is 0 Å². The molecule has 0 saturated carbocycles. The summed E-state index contributed by atoms with van der Waals surface area (Å²) in [5, 5.41) is 3.53. The van der Waals surface area contributed by atoms with E-state index in [1.54, 1.807) is 0 Å². The van der Waals surface area contributed by atoms with Crippen LogP contribution >= 0.6 is 11.8 Å². The topological polar surface area (TPSA) is 12.0 Å². The Balaban J connectivity index is 2.37. The number of hydrogen-bond donors (Lipinski definition) is 1. The lowest BCUT2D eigenvalue weighted by Gasteiger charge is -2.10. The number of unbranched alkanes of at least 4 members (excludes halogenated alkanes) is 3. The van der Waals surface area contributed by atoms with Gasteiger partial charge in [0.15, 0.2) is 0 Å². The molecule has 0 amide bonds. The lowest BCUT2D eigenvalue weighted by Crippen LogP contribution is -2.02. The fourth-order valence-electron chi connectivity index (χ4n) is 1.66. The van der Waals surface area contributed by atoms with Crippen molar-refractivity contribution in [2.24, 2.45) is 0 Å². The van der Waals surface area contributed by atoms with Crippen molar-refractivity contribution >= 4 is 17.4 Å². The summed E-state index contributed by atoms with van der Waals surface area (Å²) in [6.45, 7) is 7.08. The Morgan fingerprint density at radius 3 is 2.82 bits per heavy atom. The van der Waals surface area contributed by atoms with Gasteiger partial charge in [0.05, 0.1) is 0 Å². The van der Waals surface area contributed by atoms with Crippen molar-refractivity contribution < 1.29 is 0 Å². The zero-order valence-corrected chi connectivity index (χ0v) is 11.6. The third-order valence-electron chi connectivity index (χ3n) is 2.59. The Morgan fingerprint density at radius 1 is 1.24 bits per heavy atom.